The quantitative estimate of drug-likeness (QED) is 0.220. The van der Waals surface area contributed by atoms with E-state index in [4.69, 9.17) is 15.3 Å². The Balaban J connectivity index is 0.000000148. The van der Waals surface area contributed by atoms with Crippen LogP contribution in [0.15, 0.2) is 0 Å². The van der Waals surface area contributed by atoms with Gasteiger partial charge in [-0.2, -0.15) is 0 Å². The van der Waals surface area contributed by atoms with E-state index in [1.807, 2.05) is 0 Å². The summed E-state index contributed by atoms with van der Waals surface area (Å²) in [5.41, 5.74) is 0. The Kier molecular flexibility index (Phi) is 3.29. The smallest absolute Gasteiger partial charge is 0.291 e. The molecule has 0 aliphatic carbocycles. The Bertz CT molecular complexity index is 105. The lowest BCUT2D eigenvalue weighted by Gasteiger charge is -1.56. The first kappa shape index (κ1) is 7.83. The highest BCUT2D eigenvalue weighted by atomic mass is 16.9. The third-order valence-electron chi connectivity index (χ3n) is 0.511. The molecule has 1 rings (SSSR count). The van der Waals surface area contributed by atoms with Gasteiger partial charge < -0.3 is 14.7 Å². The van der Waals surface area contributed by atoms with Gasteiger partial charge in [0.25, 0.3) is 5.09 Å². The van der Waals surface area contributed by atoms with E-state index in [-0.39, 0.29) is 6.10 Å². The van der Waals surface area contributed by atoms with E-state index >= 15 is 0 Å². The summed E-state index contributed by atoms with van der Waals surface area (Å²) >= 11 is 0. The SMILES string of the molecule is O=CC1CO1.O=[N+]([O-])O. The second-order valence-corrected chi connectivity index (χ2v) is 1.25. The number of rotatable bonds is 1. The van der Waals surface area contributed by atoms with Gasteiger partial charge in [-0.25, -0.2) is 0 Å². The molecule has 6 nitrogen and oxygen atoms in total. The Morgan fingerprint density at radius 1 is 1.89 bits per heavy atom. The minimum Gasteiger partial charge on any atom is -0.365 e. The minimum absolute atomic E-state index is 0.0463. The molecule has 0 aromatic rings. The topological polar surface area (TPSA) is 93.0 Å². The number of carbonyl (C=O) groups is 1. The predicted molar refractivity (Wildman–Crippen MR) is 24.6 cm³/mol. The molecule has 1 unspecified atom stereocenters. The standard InChI is InChI=1S/C3H4O2.HNO3/c4-1-3-2-5-3;2-1(3)4/h1,3H,2H2;(H,2,3,4). The first-order valence-electron chi connectivity index (χ1n) is 2.07. The molecular formula is C3H5NO5. The van der Waals surface area contributed by atoms with Crippen LogP contribution in [0.1, 0.15) is 0 Å². The Morgan fingerprint density at radius 3 is 2.22 bits per heavy atom. The van der Waals surface area contributed by atoms with Crippen LogP contribution in [-0.2, 0) is 9.53 Å². The van der Waals surface area contributed by atoms with Crippen molar-refractivity contribution >= 4 is 6.29 Å². The zero-order valence-electron chi connectivity index (χ0n) is 4.39. The largest absolute Gasteiger partial charge is 0.365 e. The summed E-state index contributed by atoms with van der Waals surface area (Å²) < 4.78 is 4.49. The first-order valence-corrected chi connectivity index (χ1v) is 2.07. The molecule has 52 valence electrons. The van der Waals surface area contributed by atoms with Gasteiger partial charge >= 0.3 is 0 Å². The van der Waals surface area contributed by atoms with Crippen molar-refractivity contribution < 1.29 is 19.8 Å². The van der Waals surface area contributed by atoms with Crippen molar-refractivity contribution in [2.45, 2.75) is 6.10 Å². The van der Waals surface area contributed by atoms with Crippen LogP contribution in [0.3, 0.4) is 0 Å². The molecule has 1 heterocycles. The van der Waals surface area contributed by atoms with Crippen LogP contribution >= 0.6 is 0 Å². The van der Waals surface area contributed by atoms with Gasteiger partial charge in [0.2, 0.25) is 0 Å². The first-order chi connectivity index (χ1) is 4.16. The lowest BCUT2D eigenvalue weighted by molar-refractivity contribution is -0.742. The molecule has 1 aliphatic rings. The number of hydrogen-bond donors (Lipinski definition) is 1. The van der Waals surface area contributed by atoms with Gasteiger partial charge in [0, 0.05) is 0 Å². The molecule has 1 fully saturated rings. The van der Waals surface area contributed by atoms with Gasteiger partial charge in [-0.05, 0) is 0 Å². The molecule has 0 aromatic carbocycles. The number of aldehydes is 1. The number of hydrogen-bond acceptors (Lipinski definition) is 4. The van der Waals surface area contributed by atoms with E-state index in [2.05, 4.69) is 4.74 Å². The second kappa shape index (κ2) is 3.79. The minimum atomic E-state index is -1.50. The van der Waals surface area contributed by atoms with E-state index in [0.29, 0.717) is 6.61 Å². The van der Waals surface area contributed by atoms with Crippen LogP contribution in [0, 0.1) is 10.1 Å². The maximum absolute atomic E-state index is 9.44. The monoisotopic (exact) mass is 135 g/mol. The highest BCUT2D eigenvalue weighted by Crippen LogP contribution is 2.02. The highest BCUT2D eigenvalue weighted by molar-refractivity contribution is 5.58. The summed E-state index contributed by atoms with van der Waals surface area (Å²) in [5.74, 6) is 0. The van der Waals surface area contributed by atoms with Crippen LogP contribution < -0.4 is 0 Å². The molecule has 9 heavy (non-hydrogen) atoms. The molecule has 0 amide bonds. The molecule has 1 saturated heterocycles. The number of ether oxygens (including phenoxy) is 1. The summed E-state index contributed by atoms with van der Waals surface area (Å²) in [7, 11) is 0. The summed E-state index contributed by atoms with van der Waals surface area (Å²) in [5, 5.41) is 13.6. The average Bonchev–Trinajstić information content (AvgIpc) is 2.43. The summed E-state index contributed by atoms with van der Waals surface area (Å²) in [6.45, 7) is 0.642. The zero-order valence-corrected chi connectivity index (χ0v) is 4.39. The molecule has 6 heteroatoms. The van der Waals surface area contributed by atoms with Crippen LogP contribution in [0.4, 0.5) is 0 Å². The summed E-state index contributed by atoms with van der Waals surface area (Å²) in [6, 6.07) is 0. The van der Waals surface area contributed by atoms with Gasteiger partial charge in [-0.15, -0.1) is 10.1 Å². The summed E-state index contributed by atoms with van der Waals surface area (Å²) in [6.07, 6.45) is 0.759. The van der Waals surface area contributed by atoms with Crippen LogP contribution in [0.25, 0.3) is 0 Å². The molecule has 0 bridgehead atoms. The molecule has 1 atom stereocenters. The maximum atomic E-state index is 9.44. The van der Waals surface area contributed by atoms with Crippen LogP contribution in [0.5, 0.6) is 0 Å². The number of carbonyl (C=O) groups excluding carboxylic acids is 1. The van der Waals surface area contributed by atoms with Crippen molar-refractivity contribution in [3.05, 3.63) is 10.1 Å². The summed E-state index contributed by atoms with van der Waals surface area (Å²) in [4.78, 5) is 17.8. The fourth-order valence-corrected chi connectivity index (χ4v) is 0.134. The van der Waals surface area contributed by atoms with E-state index in [9.17, 15) is 4.79 Å². The molecule has 0 radical (unpaired) electrons. The fourth-order valence-electron chi connectivity index (χ4n) is 0.134. The fraction of sp³-hybridized carbons (Fsp3) is 0.667. The average molecular weight is 135 g/mol. The zero-order chi connectivity index (χ0) is 7.28. The van der Waals surface area contributed by atoms with Gasteiger partial charge in [0.15, 0.2) is 6.29 Å². The lowest BCUT2D eigenvalue weighted by Crippen LogP contribution is -1.81. The second-order valence-electron chi connectivity index (χ2n) is 1.25. The van der Waals surface area contributed by atoms with Crippen molar-refractivity contribution in [3.8, 4) is 0 Å². The molecule has 1 aliphatic heterocycles. The van der Waals surface area contributed by atoms with E-state index in [1.54, 1.807) is 0 Å². The van der Waals surface area contributed by atoms with E-state index < -0.39 is 5.09 Å². The molecule has 0 aromatic heterocycles. The molecule has 0 saturated carbocycles. The van der Waals surface area contributed by atoms with Crippen molar-refractivity contribution in [1.29, 1.82) is 0 Å². The number of epoxide rings is 1. The third kappa shape index (κ3) is 10.9. The van der Waals surface area contributed by atoms with Crippen molar-refractivity contribution in [2.24, 2.45) is 0 Å². The molecular weight excluding hydrogens is 130 g/mol. The van der Waals surface area contributed by atoms with E-state index in [0.717, 1.165) is 6.29 Å². The Morgan fingerprint density at radius 2 is 2.22 bits per heavy atom. The van der Waals surface area contributed by atoms with Gasteiger partial charge in [0.1, 0.15) is 6.10 Å². The lowest BCUT2D eigenvalue weighted by atomic mass is 10.6. The molecule has 1 N–H and O–H groups in total. The maximum Gasteiger partial charge on any atom is 0.291 e. The van der Waals surface area contributed by atoms with Gasteiger partial charge in [0.05, 0.1) is 6.61 Å². The van der Waals surface area contributed by atoms with E-state index in [1.165, 1.54) is 0 Å². The Hall–Kier alpha value is -1.17. The number of nitrogens with zero attached hydrogens (tertiary/aromatic N) is 1. The van der Waals surface area contributed by atoms with Crippen molar-refractivity contribution in [2.75, 3.05) is 6.61 Å². The predicted octanol–water partition coefficient (Wildman–Crippen LogP) is -0.764. The van der Waals surface area contributed by atoms with Gasteiger partial charge in [-0.1, -0.05) is 0 Å². The van der Waals surface area contributed by atoms with Crippen molar-refractivity contribution in [3.63, 3.8) is 0 Å². The van der Waals surface area contributed by atoms with Crippen LogP contribution in [0.2, 0.25) is 0 Å². The Labute approximate surface area is 50.1 Å². The molecule has 0 spiro atoms. The van der Waals surface area contributed by atoms with Crippen LogP contribution in [-0.4, -0.2) is 29.3 Å². The highest BCUT2D eigenvalue weighted by Gasteiger charge is 2.19. The van der Waals surface area contributed by atoms with Crippen molar-refractivity contribution in [1.82, 2.24) is 0 Å². The van der Waals surface area contributed by atoms with Gasteiger partial charge in [-0.3, -0.25) is 0 Å². The third-order valence-corrected chi connectivity index (χ3v) is 0.511. The normalized spacial score (nSPS) is 21.1.